The SMILES string of the molecule is C[C@H](N)c1ccc(SC2CCCC2)nc1. The molecule has 1 atom stereocenters. The lowest BCUT2D eigenvalue weighted by molar-refractivity contribution is 0.805. The molecule has 0 unspecified atom stereocenters. The second kappa shape index (κ2) is 4.99. The van der Waals surface area contributed by atoms with E-state index in [0.717, 1.165) is 15.8 Å². The van der Waals surface area contributed by atoms with Crippen LogP contribution in [0.5, 0.6) is 0 Å². The highest BCUT2D eigenvalue weighted by atomic mass is 32.2. The number of thioether (sulfide) groups is 1. The summed E-state index contributed by atoms with van der Waals surface area (Å²) in [7, 11) is 0. The molecule has 0 spiro atoms. The first-order chi connectivity index (χ1) is 7.25. The van der Waals surface area contributed by atoms with E-state index in [-0.39, 0.29) is 6.04 Å². The number of aromatic nitrogens is 1. The van der Waals surface area contributed by atoms with Crippen molar-refractivity contribution in [3.05, 3.63) is 23.9 Å². The summed E-state index contributed by atoms with van der Waals surface area (Å²) in [5.41, 5.74) is 6.90. The van der Waals surface area contributed by atoms with Gasteiger partial charge in [-0.3, -0.25) is 0 Å². The van der Waals surface area contributed by atoms with Gasteiger partial charge in [0.05, 0.1) is 5.03 Å². The van der Waals surface area contributed by atoms with Gasteiger partial charge in [-0.25, -0.2) is 4.98 Å². The van der Waals surface area contributed by atoms with Crippen LogP contribution >= 0.6 is 11.8 Å². The maximum absolute atomic E-state index is 5.78. The summed E-state index contributed by atoms with van der Waals surface area (Å²) in [6, 6.07) is 4.28. The van der Waals surface area contributed by atoms with Crippen molar-refractivity contribution in [1.29, 1.82) is 0 Å². The number of nitrogens with zero attached hydrogens (tertiary/aromatic N) is 1. The summed E-state index contributed by atoms with van der Waals surface area (Å²) >= 11 is 1.92. The minimum Gasteiger partial charge on any atom is -0.324 e. The van der Waals surface area contributed by atoms with Crippen LogP contribution in [0.25, 0.3) is 0 Å². The molecule has 82 valence electrons. The molecule has 2 nitrogen and oxygen atoms in total. The van der Waals surface area contributed by atoms with Crippen molar-refractivity contribution in [1.82, 2.24) is 4.98 Å². The Morgan fingerprint density at radius 1 is 1.40 bits per heavy atom. The van der Waals surface area contributed by atoms with Gasteiger partial charge in [0.15, 0.2) is 0 Å². The minimum absolute atomic E-state index is 0.0861. The lowest BCUT2D eigenvalue weighted by Crippen LogP contribution is -2.05. The average Bonchev–Trinajstić information content (AvgIpc) is 2.71. The summed E-state index contributed by atoms with van der Waals surface area (Å²) in [4.78, 5) is 4.45. The average molecular weight is 222 g/mol. The van der Waals surface area contributed by atoms with Crippen molar-refractivity contribution in [2.24, 2.45) is 5.73 Å². The first kappa shape index (κ1) is 11.0. The van der Waals surface area contributed by atoms with Gasteiger partial charge in [-0.2, -0.15) is 0 Å². The molecule has 3 heteroatoms. The van der Waals surface area contributed by atoms with E-state index in [4.69, 9.17) is 5.73 Å². The van der Waals surface area contributed by atoms with E-state index in [1.807, 2.05) is 24.9 Å². The van der Waals surface area contributed by atoms with Crippen molar-refractivity contribution in [2.75, 3.05) is 0 Å². The molecule has 1 fully saturated rings. The van der Waals surface area contributed by atoms with Crippen LogP contribution in [0, 0.1) is 0 Å². The first-order valence-corrected chi connectivity index (χ1v) is 6.52. The highest BCUT2D eigenvalue weighted by molar-refractivity contribution is 7.99. The van der Waals surface area contributed by atoms with Crippen LogP contribution in [0.3, 0.4) is 0 Å². The number of hydrogen-bond donors (Lipinski definition) is 1. The molecule has 0 aromatic carbocycles. The third kappa shape index (κ3) is 2.95. The van der Waals surface area contributed by atoms with Gasteiger partial charge in [-0.1, -0.05) is 18.9 Å². The number of rotatable bonds is 3. The van der Waals surface area contributed by atoms with Gasteiger partial charge in [0, 0.05) is 17.5 Å². The number of hydrogen-bond acceptors (Lipinski definition) is 3. The third-order valence-corrected chi connectivity index (χ3v) is 4.16. The van der Waals surface area contributed by atoms with Crippen LogP contribution in [-0.2, 0) is 0 Å². The van der Waals surface area contributed by atoms with Crippen molar-refractivity contribution in [3.63, 3.8) is 0 Å². The molecule has 15 heavy (non-hydrogen) atoms. The van der Waals surface area contributed by atoms with E-state index in [9.17, 15) is 0 Å². The fourth-order valence-corrected chi connectivity index (χ4v) is 3.08. The Labute approximate surface area is 95.7 Å². The van der Waals surface area contributed by atoms with Crippen LogP contribution in [0.2, 0.25) is 0 Å². The smallest absolute Gasteiger partial charge is 0.0962 e. The predicted molar refractivity (Wildman–Crippen MR) is 65.0 cm³/mol. The topological polar surface area (TPSA) is 38.9 Å². The monoisotopic (exact) mass is 222 g/mol. The Hall–Kier alpha value is -0.540. The van der Waals surface area contributed by atoms with Gasteiger partial charge in [-0.15, -0.1) is 11.8 Å². The summed E-state index contributed by atoms with van der Waals surface area (Å²) in [5, 5.41) is 1.94. The van der Waals surface area contributed by atoms with Crippen molar-refractivity contribution < 1.29 is 0 Å². The first-order valence-electron chi connectivity index (χ1n) is 5.64. The molecule has 1 aromatic rings. The van der Waals surface area contributed by atoms with E-state index in [0.29, 0.717) is 0 Å². The molecule has 1 aromatic heterocycles. The molecule has 2 rings (SSSR count). The Bertz CT molecular complexity index is 302. The normalized spacial score (nSPS) is 19.3. The molecule has 0 bridgehead atoms. The number of pyridine rings is 1. The molecule has 2 N–H and O–H groups in total. The zero-order valence-corrected chi connectivity index (χ0v) is 9.96. The van der Waals surface area contributed by atoms with Gasteiger partial charge >= 0.3 is 0 Å². The Kier molecular flexibility index (Phi) is 3.65. The van der Waals surface area contributed by atoms with Crippen LogP contribution in [0.1, 0.15) is 44.2 Å². The highest BCUT2D eigenvalue weighted by Crippen LogP contribution is 2.33. The standard InChI is InChI=1S/C12H18N2S/c1-9(13)10-6-7-12(14-8-10)15-11-4-2-3-5-11/h6-9,11H,2-5,13H2,1H3/t9-/m0/s1. The summed E-state index contributed by atoms with van der Waals surface area (Å²) in [5.74, 6) is 0. The maximum atomic E-state index is 5.78. The molecule has 1 heterocycles. The zero-order valence-electron chi connectivity index (χ0n) is 9.15. The van der Waals surface area contributed by atoms with Gasteiger partial charge in [0.2, 0.25) is 0 Å². The van der Waals surface area contributed by atoms with E-state index in [1.165, 1.54) is 25.7 Å². The number of nitrogens with two attached hydrogens (primary N) is 1. The van der Waals surface area contributed by atoms with Crippen LogP contribution < -0.4 is 5.73 Å². The van der Waals surface area contributed by atoms with Crippen molar-refractivity contribution in [2.45, 2.75) is 48.9 Å². The molecule has 0 amide bonds. The van der Waals surface area contributed by atoms with Gasteiger partial charge in [0.1, 0.15) is 0 Å². The van der Waals surface area contributed by atoms with Crippen LogP contribution in [-0.4, -0.2) is 10.2 Å². The lowest BCUT2D eigenvalue weighted by Gasteiger charge is -2.09. The summed E-state index contributed by atoms with van der Waals surface area (Å²) < 4.78 is 0. The van der Waals surface area contributed by atoms with E-state index < -0.39 is 0 Å². The fraction of sp³-hybridized carbons (Fsp3) is 0.583. The maximum Gasteiger partial charge on any atom is 0.0962 e. The molecule has 1 aliphatic carbocycles. The van der Waals surface area contributed by atoms with E-state index in [1.54, 1.807) is 0 Å². The molecular weight excluding hydrogens is 204 g/mol. The van der Waals surface area contributed by atoms with Gasteiger partial charge in [-0.05, 0) is 31.4 Å². The second-order valence-electron chi connectivity index (χ2n) is 4.24. The molecule has 0 radical (unpaired) electrons. The van der Waals surface area contributed by atoms with Crippen molar-refractivity contribution >= 4 is 11.8 Å². The molecule has 1 aliphatic rings. The predicted octanol–water partition coefficient (Wildman–Crippen LogP) is 3.14. The van der Waals surface area contributed by atoms with E-state index in [2.05, 4.69) is 17.1 Å². The molecule has 1 saturated carbocycles. The molecule has 0 saturated heterocycles. The Morgan fingerprint density at radius 3 is 2.67 bits per heavy atom. The zero-order chi connectivity index (χ0) is 10.7. The second-order valence-corrected chi connectivity index (χ2v) is 5.56. The lowest BCUT2D eigenvalue weighted by atomic mass is 10.2. The third-order valence-electron chi connectivity index (χ3n) is 2.87. The summed E-state index contributed by atoms with van der Waals surface area (Å²) in [6.07, 6.45) is 7.37. The Balaban J connectivity index is 1.97. The quantitative estimate of drug-likeness (QED) is 0.854. The van der Waals surface area contributed by atoms with Crippen LogP contribution in [0.15, 0.2) is 23.4 Å². The van der Waals surface area contributed by atoms with Gasteiger partial charge in [0.25, 0.3) is 0 Å². The minimum atomic E-state index is 0.0861. The molecular formula is C12H18N2S. The van der Waals surface area contributed by atoms with Crippen LogP contribution in [0.4, 0.5) is 0 Å². The van der Waals surface area contributed by atoms with E-state index >= 15 is 0 Å². The largest absolute Gasteiger partial charge is 0.324 e. The fourth-order valence-electron chi connectivity index (χ4n) is 1.91. The highest BCUT2D eigenvalue weighted by Gasteiger charge is 2.16. The van der Waals surface area contributed by atoms with Gasteiger partial charge < -0.3 is 5.73 Å². The van der Waals surface area contributed by atoms with Crippen molar-refractivity contribution in [3.8, 4) is 0 Å². The summed E-state index contributed by atoms with van der Waals surface area (Å²) in [6.45, 7) is 1.99. The Morgan fingerprint density at radius 2 is 2.13 bits per heavy atom. The molecule has 0 aliphatic heterocycles.